The Morgan fingerprint density at radius 3 is 1.83 bits per heavy atom. The van der Waals surface area contributed by atoms with Crippen LogP contribution in [0.1, 0.15) is 33.3 Å². The van der Waals surface area contributed by atoms with Crippen LogP contribution in [-0.4, -0.2) is 31.8 Å². The number of thioether (sulfide) groups is 1. The molecule has 5 rings (SSSR count). The van der Waals surface area contributed by atoms with E-state index in [2.05, 4.69) is 32.1 Å². The van der Waals surface area contributed by atoms with Crippen LogP contribution in [0.4, 0.5) is 0 Å². The number of imidazole rings is 2. The van der Waals surface area contributed by atoms with Crippen molar-refractivity contribution in [2.45, 2.75) is 34.6 Å². The Morgan fingerprint density at radius 2 is 1.33 bits per heavy atom. The lowest BCUT2D eigenvalue weighted by Crippen LogP contribution is -2.06. The van der Waals surface area contributed by atoms with Crippen LogP contribution in [0.5, 0.6) is 0 Å². The zero-order valence-electron chi connectivity index (χ0n) is 21.5. The van der Waals surface area contributed by atoms with E-state index in [9.17, 15) is 4.79 Å². The van der Waals surface area contributed by atoms with Crippen LogP contribution in [0.25, 0.3) is 43.0 Å². The third-order valence-corrected chi connectivity index (χ3v) is 6.49. The Kier molecular flexibility index (Phi) is 11.8. The van der Waals surface area contributed by atoms with E-state index in [-0.39, 0.29) is 5.43 Å². The molecule has 0 fully saturated rings. The van der Waals surface area contributed by atoms with Crippen molar-refractivity contribution in [2.75, 3.05) is 6.26 Å². The van der Waals surface area contributed by atoms with Gasteiger partial charge in [0.2, 0.25) is 0 Å². The maximum absolute atomic E-state index is 13.1. The van der Waals surface area contributed by atoms with Crippen LogP contribution >= 0.6 is 23.1 Å². The number of aromatic nitrogens is 4. The summed E-state index contributed by atoms with van der Waals surface area (Å²) >= 11 is 2.82. The minimum absolute atomic E-state index is 0.0720. The average Bonchev–Trinajstić information content (AvgIpc) is 3.68. The lowest BCUT2D eigenvalue weighted by Gasteiger charge is -2.09. The molecule has 0 amide bonds. The van der Waals surface area contributed by atoms with Gasteiger partial charge in [0.05, 0.1) is 36.4 Å². The van der Waals surface area contributed by atoms with Gasteiger partial charge in [0.1, 0.15) is 0 Å². The first-order valence-electron chi connectivity index (χ1n) is 11.7. The minimum Gasteiger partial charge on any atom is -0.345 e. The van der Waals surface area contributed by atoms with Gasteiger partial charge < -0.3 is 9.97 Å². The number of fused-ring (bicyclic) bond motifs is 1. The molecule has 0 aliphatic rings. The molecule has 6 nitrogen and oxygen atoms in total. The molecule has 8 heteroatoms. The Balaban J connectivity index is 0.000000512. The number of rotatable bonds is 4. The van der Waals surface area contributed by atoms with Crippen molar-refractivity contribution >= 4 is 38.8 Å². The zero-order chi connectivity index (χ0) is 26.5. The van der Waals surface area contributed by atoms with Crippen LogP contribution in [0, 0.1) is 6.92 Å². The summed E-state index contributed by atoms with van der Waals surface area (Å²) in [7, 11) is 0. The van der Waals surface area contributed by atoms with Crippen LogP contribution in [-0.2, 0) is 4.79 Å². The average molecular weight is 521 g/mol. The van der Waals surface area contributed by atoms with Crippen molar-refractivity contribution in [3.05, 3.63) is 83.3 Å². The number of H-pyrrole nitrogens is 2. The summed E-state index contributed by atoms with van der Waals surface area (Å²) in [6, 6.07) is 14.2. The first-order chi connectivity index (χ1) is 17.6. The lowest BCUT2D eigenvalue weighted by atomic mass is 10.0. The Morgan fingerprint density at radius 1 is 0.833 bits per heavy atom. The Labute approximate surface area is 220 Å². The molecule has 0 saturated heterocycles. The summed E-state index contributed by atoms with van der Waals surface area (Å²) in [5.74, 6) is 0. The van der Waals surface area contributed by atoms with Crippen LogP contribution in [0.15, 0.2) is 72.3 Å². The summed E-state index contributed by atoms with van der Waals surface area (Å²) < 4.78 is 0.978. The van der Waals surface area contributed by atoms with Gasteiger partial charge in [0.25, 0.3) is 0 Å². The molecule has 0 atom stereocenters. The van der Waals surface area contributed by atoms with Crippen molar-refractivity contribution in [3.8, 4) is 33.0 Å². The highest BCUT2D eigenvalue weighted by Crippen LogP contribution is 2.33. The van der Waals surface area contributed by atoms with Gasteiger partial charge in [-0.25, -0.2) is 9.97 Å². The molecule has 3 aromatic heterocycles. The molecule has 0 unspecified atom stereocenters. The van der Waals surface area contributed by atoms with Crippen LogP contribution in [0.2, 0.25) is 0 Å². The zero-order valence-corrected chi connectivity index (χ0v) is 23.1. The van der Waals surface area contributed by atoms with Crippen molar-refractivity contribution in [1.29, 1.82) is 0 Å². The summed E-state index contributed by atoms with van der Waals surface area (Å²) in [6.07, 6.45) is 8.60. The van der Waals surface area contributed by atoms with E-state index < -0.39 is 0 Å². The van der Waals surface area contributed by atoms with Gasteiger partial charge in [0.15, 0.2) is 11.0 Å². The van der Waals surface area contributed by atoms with Gasteiger partial charge in [0, 0.05) is 26.1 Å². The molecule has 36 heavy (non-hydrogen) atoms. The normalized spacial score (nSPS) is 9.72. The minimum atomic E-state index is 0.0720. The molecule has 0 saturated carbocycles. The second-order valence-corrected chi connectivity index (χ2v) is 8.65. The van der Waals surface area contributed by atoms with Crippen molar-refractivity contribution in [1.82, 2.24) is 19.9 Å². The van der Waals surface area contributed by atoms with E-state index in [1.165, 1.54) is 11.8 Å². The summed E-state index contributed by atoms with van der Waals surface area (Å²) in [6.45, 7) is 9.90. The lowest BCUT2D eigenvalue weighted by molar-refractivity contribution is 0.570. The number of nitrogens with one attached hydrogen (secondary N) is 2. The largest absolute Gasteiger partial charge is 0.345 e. The summed E-state index contributed by atoms with van der Waals surface area (Å²) in [5.41, 5.74) is 6.59. The standard InChI is InChI=1S/C22H16N4OS.C2H4OS.2C2H6/c1-13-21(27)17-8-16(19-10-24-12-26-19)6-7-20(17)28-22(13)15-4-2-14(3-5-15)18-9-23-11-25-18;1-4-2-3;2*1-2/h2-12H,1H3,(H,23,25)(H,24,26);2H,1H3;2*1-2H3. The molecule has 0 radical (unpaired) electrons. The van der Waals surface area contributed by atoms with E-state index in [0.717, 1.165) is 54.2 Å². The number of carbonyl (C=O) groups excluding carboxylic acids is 1. The maximum atomic E-state index is 13.1. The molecule has 3 heterocycles. The molecule has 0 aliphatic heterocycles. The monoisotopic (exact) mass is 520 g/mol. The molecule has 2 N–H and O–H groups in total. The Bertz CT molecular complexity index is 1390. The second-order valence-electron chi connectivity index (χ2n) is 6.94. The van der Waals surface area contributed by atoms with E-state index in [0.29, 0.717) is 0 Å². The topological polar surface area (TPSA) is 91.5 Å². The van der Waals surface area contributed by atoms with Crippen LogP contribution in [0.3, 0.4) is 0 Å². The highest BCUT2D eigenvalue weighted by Gasteiger charge is 2.12. The van der Waals surface area contributed by atoms with E-state index in [1.807, 2.05) is 65.0 Å². The van der Waals surface area contributed by atoms with Gasteiger partial charge in [-0.1, -0.05) is 69.8 Å². The third kappa shape index (κ3) is 6.80. The number of benzene rings is 2. The number of nitrogens with zero attached hydrogens (tertiary/aromatic N) is 2. The number of carbonyl (C=O) groups is 1. The summed E-state index contributed by atoms with van der Waals surface area (Å²) in [5, 5.41) is 0.743. The SMILES string of the molecule is CC.CC.CSC=O.Cc1c(-c2ccc(-c3cnc[nH]3)cc2)sc2ccc(-c3cnc[nH]3)cc2c1=O. The first kappa shape index (κ1) is 28.7. The van der Waals surface area contributed by atoms with Gasteiger partial charge in [-0.05, 0) is 36.4 Å². The molecule has 0 spiro atoms. The first-order valence-corrected chi connectivity index (χ1v) is 13.8. The van der Waals surface area contributed by atoms with Crippen molar-refractivity contribution < 1.29 is 4.79 Å². The smallest absolute Gasteiger partial charge is 0.191 e. The van der Waals surface area contributed by atoms with E-state index >= 15 is 0 Å². The van der Waals surface area contributed by atoms with Gasteiger partial charge in [-0.3, -0.25) is 9.59 Å². The van der Waals surface area contributed by atoms with Crippen molar-refractivity contribution in [2.24, 2.45) is 0 Å². The van der Waals surface area contributed by atoms with Crippen molar-refractivity contribution in [3.63, 3.8) is 0 Å². The third-order valence-electron chi connectivity index (χ3n) is 4.98. The molecular formula is C28H32N4O2S2. The predicted octanol–water partition coefficient (Wildman–Crippen LogP) is 7.61. The number of hydrogen-bond donors (Lipinski definition) is 2. The Hall–Kier alpha value is -3.49. The molecule has 0 bridgehead atoms. The fourth-order valence-electron chi connectivity index (χ4n) is 3.36. The number of aromatic amines is 2. The predicted molar refractivity (Wildman–Crippen MR) is 156 cm³/mol. The molecule has 188 valence electrons. The highest BCUT2D eigenvalue weighted by atomic mass is 32.2. The van der Waals surface area contributed by atoms with E-state index in [4.69, 9.17) is 4.79 Å². The quantitative estimate of drug-likeness (QED) is 0.238. The fraction of sp³-hybridized carbons (Fsp3) is 0.214. The second kappa shape index (κ2) is 14.8. The summed E-state index contributed by atoms with van der Waals surface area (Å²) in [4.78, 5) is 37.5. The fourth-order valence-corrected chi connectivity index (χ4v) is 4.48. The molecule has 0 aliphatic carbocycles. The molecular weight excluding hydrogens is 488 g/mol. The van der Waals surface area contributed by atoms with Gasteiger partial charge in [-0.15, -0.1) is 11.3 Å². The highest BCUT2D eigenvalue weighted by molar-refractivity contribution is 8.11. The number of hydrogen-bond acceptors (Lipinski definition) is 6. The van der Waals surface area contributed by atoms with Crippen LogP contribution < -0.4 is 5.43 Å². The maximum Gasteiger partial charge on any atom is 0.191 e. The van der Waals surface area contributed by atoms with E-state index in [1.54, 1.807) is 42.6 Å². The molecule has 5 aromatic rings. The van der Waals surface area contributed by atoms with Gasteiger partial charge >= 0.3 is 0 Å². The molecule has 2 aromatic carbocycles. The van der Waals surface area contributed by atoms with Gasteiger partial charge in [-0.2, -0.15) is 0 Å².